The van der Waals surface area contributed by atoms with Crippen molar-refractivity contribution in [3.8, 4) is 10.4 Å². The molecule has 7 nitrogen and oxygen atoms in total. The number of carbonyl (C=O) groups excluding carboxylic acids is 2. The number of rotatable bonds is 7. The Morgan fingerprint density at radius 3 is 2.46 bits per heavy atom. The van der Waals surface area contributed by atoms with Crippen LogP contribution < -0.4 is 16.0 Å². The zero-order chi connectivity index (χ0) is 26.4. The van der Waals surface area contributed by atoms with E-state index in [4.69, 9.17) is 4.74 Å². The van der Waals surface area contributed by atoms with Crippen LogP contribution in [-0.2, 0) is 4.74 Å². The van der Waals surface area contributed by atoms with E-state index in [-0.39, 0.29) is 30.2 Å². The third-order valence-electron chi connectivity index (χ3n) is 6.40. The SMILES string of the molecule is CC(C)OC(=O)N[C@H]1CC[C@H](c2ncc(-c3ccc(NC(=O)N[C@@H](C)c4ccccc4)cc3F)s2)CC1. The van der Waals surface area contributed by atoms with E-state index < -0.39 is 11.8 Å². The van der Waals surface area contributed by atoms with Crippen molar-refractivity contribution in [2.24, 2.45) is 0 Å². The van der Waals surface area contributed by atoms with Crippen LogP contribution in [-0.4, -0.2) is 29.3 Å². The Balaban J connectivity index is 1.31. The van der Waals surface area contributed by atoms with Crippen molar-refractivity contribution in [2.45, 2.75) is 70.6 Å². The Morgan fingerprint density at radius 1 is 1.05 bits per heavy atom. The Kier molecular flexibility index (Phi) is 8.76. The first-order valence-corrected chi connectivity index (χ1v) is 13.5. The second kappa shape index (κ2) is 12.2. The molecule has 3 amide bonds. The number of ether oxygens (including phenoxy) is 1. The summed E-state index contributed by atoms with van der Waals surface area (Å²) >= 11 is 1.49. The molecule has 0 saturated heterocycles. The van der Waals surface area contributed by atoms with Crippen LogP contribution in [0.3, 0.4) is 0 Å². The van der Waals surface area contributed by atoms with E-state index >= 15 is 0 Å². The number of alkyl carbamates (subject to hydrolysis) is 1. The summed E-state index contributed by atoms with van der Waals surface area (Å²) in [5.41, 5.74) is 1.82. The van der Waals surface area contributed by atoms with Gasteiger partial charge in [0, 0.05) is 29.4 Å². The molecule has 2 aromatic carbocycles. The van der Waals surface area contributed by atoms with Crippen molar-refractivity contribution in [3.05, 3.63) is 71.1 Å². The zero-order valence-electron chi connectivity index (χ0n) is 21.3. The number of carbonyl (C=O) groups is 2. The fraction of sp³-hybridized carbons (Fsp3) is 0.393. The van der Waals surface area contributed by atoms with Gasteiger partial charge in [0.1, 0.15) is 5.82 Å². The molecule has 1 aromatic heterocycles. The normalized spacial score (nSPS) is 18.2. The van der Waals surface area contributed by atoms with Gasteiger partial charge in [0.2, 0.25) is 0 Å². The topological polar surface area (TPSA) is 92.3 Å². The van der Waals surface area contributed by atoms with Gasteiger partial charge >= 0.3 is 12.1 Å². The molecule has 9 heteroatoms. The molecule has 0 bridgehead atoms. The van der Waals surface area contributed by atoms with Gasteiger partial charge < -0.3 is 20.7 Å². The molecule has 0 unspecified atom stereocenters. The van der Waals surface area contributed by atoms with Gasteiger partial charge in [-0.1, -0.05) is 30.3 Å². The molecule has 1 saturated carbocycles. The Bertz CT molecular complexity index is 1210. The lowest BCUT2D eigenvalue weighted by Crippen LogP contribution is -2.38. The number of urea groups is 1. The highest BCUT2D eigenvalue weighted by atomic mass is 32.1. The summed E-state index contributed by atoms with van der Waals surface area (Å²) < 4.78 is 20.2. The number of nitrogens with one attached hydrogen (secondary N) is 3. The number of hydrogen-bond acceptors (Lipinski definition) is 5. The molecule has 0 spiro atoms. The summed E-state index contributed by atoms with van der Waals surface area (Å²) in [5.74, 6) is -0.127. The van der Waals surface area contributed by atoms with Gasteiger partial charge in [-0.25, -0.2) is 19.0 Å². The summed E-state index contributed by atoms with van der Waals surface area (Å²) in [6.45, 7) is 5.55. The molecule has 1 heterocycles. The van der Waals surface area contributed by atoms with Gasteiger partial charge in [0.05, 0.1) is 22.0 Å². The summed E-state index contributed by atoms with van der Waals surface area (Å²) in [7, 11) is 0. The average Bonchev–Trinajstić information content (AvgIpc) is 3.34. The molecule has 3 aromatic rings. The minimum Gasteiger partial charge on any atom is -0.447 e. The fourth-order valence-electron chi connectivity index (χ4n) is 4.48. The minimum absolute atomic E-state index is 0.104. The molecule has 1 aliphatic rings. The lowest BCUT2D eigenvalue weighted by Gasteiger charge is -2.28. The van der Waals surface area contributed by atoms with Crippen molar-refractivity contribution < 1.29 is 18.7 Å². The van der Waals surface area contributed by atoms with E-state index in [1.165, 1.54) is 17.4 Å². The summed E-state index contributed by atoms with van der Waals surface area (Å²) in [4.78, 5) is 29.6. The molecular weight excluding hydrogens is 491 g/mol. The van der Waals surface area contributed by atoms with E-state index in [1.807, 2.05) is 51.1 Å². The van der Waals surface area contributed by atoms with Crippen LogP contribution in [0.2, 0.25) is 0 Å². The number of halogens is 1. The molecule has 4 rings (SSSR count). The maximum absolute atomic E-state index is 15.0. The van der Waals surface area contributed by atoms with Crippen LogP contribution in [0.4, 0.5) is 19.7 Å². The third-order valence-corrected chi connectivity index (χ3v) is 7.60. The van der Waals surface area contributed by atoms with Gasteiger partial charge in [0.25, 0.3) is 0 Å². The van der Waals surface area contributed by atoms with Gasteiger partial charge in [-0.05, 0) is 70.2 Å². The molecule has 0 aliphatic heterocycles. The Hall–Kier alpha value is -3.46. The van der Waals surface area contributed by atoms with Crippen molar-refractivity contribution >= 4 is 29.1 Å². The molecule has 3 N–H and O–H groups in total. The Labute approximate surface area is 220 Å². The molecule has 196 valence electrons. The number of hydrogen-bond donors (Lipinski definition) is 3. The standard InChI is InChI=1S/C28H33FN4O3S/c1-17(2)36-28(35)33-21-11-9-20(10-12-21)26-30-16-25(37-26)23-14-13-22(15-24(23)29)32-27(34)31-18(3)19-7-5-4-6-8-19/h4-8,13-18,20-21H,9-12H2,1-3H3,(H,33,35)(H2,31,32,34)/t18-,20-,21-/m0/s1. The summed E-state index contributed by atoms with van der Waals surface area (Å²) in [5, 5.41) is 9.48. The van der Waals surface area contributed by atoms with Crippen LogP contribution in [0, 0.1) is 5.82 Å². The second-order valence-electron chi connectivity index (χ2n) is 9.64. The maximum Gasteiger partial charge on any atom is 0.407 e. The van der Waals surface area contributed by atoms with Crippen molar-refractivity contribution in [1.82, 2.24) is 15.6 Å². The summed E-state index contributed by atoms with van der Waals surface area (Å²) in [6.07, 6.45) is 4.72. The van der Waals surface area contributed by atoms with Crippen LogP contribution in [0.15, 0.2) is 54.7 Å². The predicted molar refractivity (Wildman–Crippen MR) is 144 cm³/mol. The largest absolute Gasteiger partial charge is 0.447 e. The molecule has 37 heavy (non-hydrogen) atoms. The lowest BCUT2D eigenvalue weighted by atomic mass is 9.86. The van der Waals surface area contributed by atoms with E-state index in [2.05, 4.69) is 20.9 Å². The average molecular weight is 525 g/mol. The fourth-order valence-corrected chi connectivity index (χ4v) is 5.60. The highest BCUT2D eigenvalue weighted by molar-refractivity contribution is 7.15. The quantitative estimate of drug-likeness (QED) is 0.310. The molecule has 0 radical (unpaired) electrons. The molecule has 1 fully saturated rings. The zero-order valence-corrected chi connectivity index (χ0v) is 22.1. The van der Waals surface area contributed by atoms with Gasteiger partial charge in [-0.2, -0.15) is 0 Å². The second-order valence-corrected chi connectivity index (χ2v) is 10.7. The van der Waals surface area contributed by atoms with Gasteiger partial charge in [-0.3, -0.25) is 0 Å². The Morgan fingerprint density at radius 2 is 1.78 bits per heavy atom. The van der Waals surface area contributed by atoms with E-state index in [1.54, 1.807) is 18.3 Å². The number of aromatic nitrogens is 1. The van der Waals surface area contributed by atoms with E-state index in [0.29, 0.717) is 11.3 Å². The smallest absolute Gasteiger partial charge is 0.407 e. The third kappa shape index (κ3) is 7.29. The minimum atomic E-state index is -0.416. The van der Waals surface area contributed by atoms with E-state index in [9.17, 15) is 14.0 Å². The molecule has 1 atom stereocenters. The van der Waals surface area contributed by atoms with E-state index in [0.717, 1.165) is 41.1 Å². The molecule has 1 aliphatic carbocycles. The van der Waals surface area contributed by atoms with Crippen LogP contribution in [0.5, 0.6) is 0 Å². The first kappa shape index (κ1) is 26.6. The van der Waals surface area contributed by atoms with Crippen LogP contribution >= 0.6 is 11.3 Å². The highest BCUT2D eigenvalue weighted by Crippen LogP contribution is 2.38. The highest BCUT2D eigenvalue weighted by Gasteiger charge is 2.26. The van der Waals surface area contributed by atoms with Crippen LogP contribution in [0.25, 0.3) is 10.4 Å². The predicted octanol–water partition coefficient (Wildman–Crippen LogP) is 6.99. The van der Waals surface area contributed by atoms with Gasteiger partial charge in [0.15, 0.2) is 0 Å². The monoisotopic (exact) mass is 524 g/mol. The first-order valence-electron chi connectivity index (χ1n) is 12.6. The van der Waals surface area contributed by atoms with Gasteiger partial charge in [-0.15, -0.1) is 11.3 Å². The number of nitrogens with zero attached hydrogens (tertiary/aromatic N) is 1. The molecular formula is C28H33FN4O3S. The number of thiazole rings is 1. The first-order chi connectivity index (χ1) is 17.8. The summed E-state index contributed by atoms with van der Waals surface area (Å²) in [6, 6.07) is 13.8. The number of anilines is 1. The van der Waals surface area contributed by atoms with Crippen molar-refractivity contribution in [3.63, 3.8) is 0 Å². The number of amides is 3. The van der Waals surface area contributed by atoms with Crippen LogP contribution in [0.1, 0.15) is 69.0 Å². The van der Waals surface area contributed by atoms with Crippen molar-refractivity contribution in [2.75, 3.05) is 5.32 Å². The number of benzene rings is 2. The van der Waals surface area contributed by atoms with Crippen molar-refractivity contribution in [1.29, 1.82) is 0 Å². The maximum atomic E-state index is 15.0. The lowest BCUT2D eigenvalue weighted by molar-refractivity contribution is 0.109.